The molecule has 0 saturated heterocycles. The molecular formula is C18H22ClN3O3S. The lowest BCUT2D eigenvalue weighted by molar-refractivity contribution is -0.116. The Morgan fingerprint density at radius 1 is 1.08 bits per heavy atom. The maximum Gasteiger partial charge on any atom is 0.243 e. The lowest BCUT2D eigenvalue weighted by Gasteiger charge is -2.18. The van der Waals surface area contributed by atoms with Crippen LogP contribution in [0.15, 0.2) is 47.4 Å². The van der Waals surface area contributed by atoms with Crippen LogP contribution in [-0.2, 0) is 14.8 Å². The number of likely N-dealkylation sites (N-methyl/N-ethyl adjacent to an activating group) is 1. The molecule has 0 aromatic heterocycles. The summed E-state index contributed by atoms with van der Waals surface area (Å²) in [4.78, 5) is 14.3. The summed E-state index contributed by atoms with van der Waals surface area (Å²) in [6.07, 6.45) is 0. The van der Waals surface area contributed by atoms with Crippen molar-refractivity contribution in [3.8, 4) is 0 Å². The van der Waals surface area contributed by atoms with Gasteiger partial charge in [-0.2, -0.15) is 4.31 Å². The minimum Gasteiger partial charge on any atom is -0.377 e. The quantitative estimate of drug-likeness (QED) is 0.816. The van der Waals surface area contributed by atoms with Gasteiger partial charge in [-0.25, -0.2) is 8.42 Å². The van der Waals surface area contributed by atoms with Crippen LogP contribution < -0.4 is 10.2 Å². The highest BCUT2D eigenvalue weighted by Crippen LogP contribution is 2.22. The molecule has 140 valence electrons. The van der Waals surface area contributed by atoms with Crippen LogP contribution in [0.5, 0.6) is 0 Å². The van der Waals surface area contributed by atoms with Crippen molar-refractivity contribution in [3.05, 3.63) is 53.1 Å². The van der Waals surface area contributed by atoms with Gasteiger partial charge in [-0.05, 0) is 55.0 Å². The molecule has 0 atom stereocenters. The van der Waals surface area contributed by atoms with Crippen molar-refractivity contribution in [3.63, 3.8) is 0 Å². The summed E-state index contributed by atoms with van der Waals surface area (Å²) >= 11 is 5.78. The SMILES string of the molecule is Cc1cc(NC(=O)CN(C)S(=O)(=O)c2ccc(Cl)cc2)ccc1N(C)C. The van der Waals surface area contributed by atoms with E-state index in [9.17, 15) is 13.2 Å². The maximum absolute atomic E-state index is 12.5. The van der Waals surface area contributed by atoms with Crippen molar-refractivity contribution in [2.45, 2.75) is 11.8 Å². The van der Waals surface area contributed by atoms with Gasteiger partial charge in [-0.3, -0.25) is 4.79 Å². The van der Waals surface area contributed by atoms with Crippen molar-refractivity contribution in [1.82, 2.24) is 4.31 Å². The molecule has 0 heterocycles. The summed E-state index contributed by atoms with van der Waals surface area (Å²) in [6.45, 7) is 1.65. The Kier molecular flexibility index (Phi) is 6.28. The van der Waals surface area contributed by atoms with E-state index in [-0.39, 0.29) is 11.4 Å². The average Bonchev–Trinajstić information content (AvgIpc) is 2.54. The van der Waals surface area contributed by atoms with Gasteiger partial charge >= 0.3 is 0 Å². The second-order valence-corrected chi connectivity index (χ2v) is 8.64. The van der Waals surface area contributed by atoms with Crippen LogP contribution >= 0.6 is 11.6 Å². The van der Waals surface area contributed by atoms with Crippen LogP contribution in [0.1, 0.15) is 5.56 Å². The number of halogens is 1. The van der Waals surface area contributed by atoms with Gasteiger partial charge in [-0.1, -0.05) is 11.6 Å². The normalized spacial score (nSPS) is 11.5. The number of hydrogen-bond acceptors (Lipinski definition) is 4. The van der Waals surface area contributed by atoms with Gasteiger partial charge < -0.3 is 10.2 Å². The van der Waals surface area contributed by atoms with Gasteiger partial charge in [0.2, 0.25) is 15.9 Å². The molecule has 0 bridgehead atoms. The minimum absolute atomic E-state index is 0.0865. The molecule has 8 heteroatoms. The third-order valence-corrected chi connectivity index (χ3v) is 5.92. The number of carbonyl (C=O) groups excluding carboxylic acids is 1. The predicted molar refractivity (Wildman–Crippen MR) is 105 cm³/mol. The fourth-order valence-corrected chi connectivity index (χ4v) is 3.76. The van der Waals surface area contributed by atoms with Gasteiger partial charge in [0.05, 0.1) is 11.4 Å². The molecule has 26 heavy (non-hydrogen) atoms. The van der Waals surface area contributed by atoms with E-state index < -0.39 is 15.9 Å². The van der Waals surface area contributed by atoms with E-state index in [1.165, 1.54) is 31.3 Å². The van der Waals surface area contributed by atoms with E-state index in [0.29, 0.717) is 10.7 Å². The smallest absolute Gasteiger partial charge is 0.243 e. The van der Waals surface area contributed by atoms with Crippen molar-refractivity contribution in [2.75, 3.05) is 37.9 Å². The van der Waals surface area contributed by atoms with Gasteiger partial charge in [0.15, 0.2) is 0 Å². The molecule has 0 aliphatic rings. The second kappa shape index (κ2) is 8.07. The van der Waals surface area contributed by atoms with Crippen molar-refractivity contribution in [2.24, 2.45) is 0 Å². The Morgan fingerprint density at radius 2 is 1.69 bits per heavy atom. The van der Waals surface area contributed by atoms with Gasteiger partial charge in [-0.15, -0.1) is 0 Å². The standard InChI is InChI=1S/C18H22ClN3O3S/c1-13-11-15(7-10-17(13)21(2)3)20-18(23)12-22(4)26(24,25)16-8-5-14(19)6-9-16/h5-11H,12H2,1-4H3,(H,20,23). The van der Waals surface area contributed by atoms with Crippen LogP contribution in [0.3, 0.4) is 0 Å². The lowest BCUT2D eigenvalue weighted by atomic mass is 10.1. The fraction of sp³-hybridized carbons (Fsp3) is 0.278. The minimum atomic E-state index is -3.76. The van der Waals surface area contributed by atoms with Crippen LogP contribution in [0.4, 0.5) is 11.4 Å². The molecular weight excluding hydrogens is 374 g/mol. The van der Waals surface area contributed by atoms with E-state index in [1.54, 1.807) is 6.07 Å². The Balaban J connectivity index is 2.07. The van der Waals surface area contributed by atoms with Crippen LogP contribution in [-0.4, -0.2) is 46.3 Å². The summed E-state index contributed by atoms with van der Waals surface area (Å²) in [5.74, 6) is -0.415. The topological polar surface area (TPSA) is 69.7 Å². The van der Waals surface area contributed by atoms with Crippen molar-refractivity contribution in [1.29, 1.82) is 0 Å². The Morgan fingerprint density at radius 3 is 2.23 bits per heavy atom. The number of hydrogen-bond donors (Lipinski definition) is 1. The molecule has 0 saturated carbocycles. The zero-order chi connectivity index (χ0) is 19.5. The number of nitrogens with one attached hydrogen (secondary N) is 1. The highest BCUT2D eigenvalue weighted by atomic mass is 35.5. The zero-order valence-electron chi connectivity index (χ0n) is 15.2. The second-order valence-electron chi connectivity index (χ2n) is 6.16. The molecule has 0 spiro atoms. The molecule has 1 N–H and O–H groups in total. The number of aryl methyl sites for hydroxylation is 1. The first-order valence-corrected chi connectivity index (χ1v) is 9.73. The molecule has 2 aromatic rings. The number of amides is 1. The number of carbonyl (C=O) groups is 1. The highest BCUT2D eigenvalue weighted by molar-refractivity contribution is 7.89. The molecule has 0 aliphatic carbocycles. The maximum atomic E-state index is 12.5. The van der Waals surface area contributed by atoms with Crippen LogP contribution in [0, 0.1) is 6.92 Å². The summed E-state index contributed by atoms with van der Waals surface area (Å²) in [5, 5.41) is 3.17. The van der Waals surface area contributed by atoms with Gasteiger partial charge in [0.25, 0.3) is 0 Å². The third kappa shape index (κ3) is 4.75. The Labute approximate surface area is 159 Å². The summed E-state index contributed by atoms with van der Waals surface area (Å²) in [6, 6.07) is 11.4. The van der Waals surface area contributed by atoms with Crippen molar-refractivity contribution < 1.29 is 13.2 Å². The Hall–Kier alpha value is -2.09. The molecule has 6 nitrogen and oxygen atoms in total. The summed E-state index contributed by atoms with van der Waals surface area (Å²) in [5.41, 5.74) is 2.68. The first kappa shape index (κ1) is 20.2. The lowest BCUT2D eigenvalue weighted by Crippen LogP contribution is -2.35. The molecule has 0 fully saturated rings. The van der Waals surface area contributed by atoms with Crippen molar-refractivity contribution >= 4 is 38.9 Å². The number of rotatable bonds is 6. The zero-order valence-corrected chi connectivity index (χ0v) is 16.7. The first-order valence-electron chi connectivity index (χ1n) is 7.91. The van der Waals surface area contributed by atoms with Crippen LogP contribution in [0.2, 0.25) is 5.02 Å². The molecule has 0 aliphatic heterocycles. The first-order chi connectivity index (χ1) is 12.1. The van der Waals surface area contributed by atoms with Crippen LogP contribution in [0.25, 0.3) is 0 Å². The monoisotopic (exact) mass is 395 g/mol. The molecule has 0 unspecified atom stereocenters. The Bertz CT molecular complexity index is 896. The fourth-order valence-electron chi connectivity index (χ4n) is 2.51. The predicted octanol–water partition coefficient (Wildman–Crippen LogP) is 2.97. The van der Waals surface area contributed by atoms with E-state index >= 15 is 0 Å². The van der Waals surface area contributed by atoms with E-state index in [2.05, 4.69) is 5.32 Å². The van der Waals surface area contributed by atoms with E-state index in [1.807, 2.05) is 38.1 Å². The van der Waals surface area contributed by atoms with E-state index in [0.717, 1.165) is 15.6 Å². The summed E-state index contributed by atoms with van der Waals surface area (Å²) in [7, 11) is 1.49. The molecule has 1 amide bonds. The number of benzene rings is 2. The average molecular weight is 396 g/mol. The molecule has 2 rings (SSSR count). The van der Waals surface area contributed by atoms with Gasteiger partial charge in [0.1, 0.15) is 0 Å². The molecule has 2 aromatic carbocycles. The summed E-state index contributed by atoms with van der Waals surface area (Å²) < 4.78 is 26.0. The van der Waals surface area contributed by atoms with Gasteiger partial charge in [0, 0.05) is 37.5 Å². The molecule has 0 radical (unpaired) electrons. The number of nitrogens with zero attached hydrogens (tertiary/aromatic N) is 2. The van der Waals surface area contributed by atoms with E-state index in [4.69, 9.17) is 11.6 Å². The highest BCUT2D eigenvalue weighted by Gasteiger charge is 2.23. The third-order valence-electron chi connectivity index (χ3n) is 3.85. The number of anilines is 2. The number of sulfonamides is 1. The largest absolute Gasteiger partial charge is 0.377 e.